The van der Waals surface area contributed by atoms with Gasteiger partial charge in [-0.2, -0.15) is 4.31 Å². The maximum absolute atomic E-state index is 14.1. The maximum atomic E-state index is 14.1. The minimum atomic E-state index is -3.95. The number of carbonyl (C=O) groups is 1. The molecule has 226 valence electrons. The summed E-state index contributed by atoms with van der Waals surface area (Å²) in [6, 6.07) is 10.8. The van der Waals surface area contributed by atoms with Gasteiger partial charge in [-0.15, -0.1) is 0 Å². The van der Waals surface area contributed by atoms with Crippen LogP contribution < -0.4 is 9.64 Å². The van der Waals surface area contributed by atoms with Crippen molar-refractivity contribution in [1.29, 1.82) is 0 Å². The highest BCUT2D eigenvalue weighted by Gasteiger charge is 2.74. The predicted molar refractivity (Wildman–Crippen MR) is 159 cm³/mol. The van der Waals surface area contributed by atoms with Crippen LogP contribution in [0.25, 0.3) is 6.08 Å². The number of nitrogens with zero attached hydrogens (tertiary/aromatic N) is 3. The number of amides is 1. The van der Waals surface area contributed by atoms with Gasteiger partial charge in [-0.1, -0.05) is 6.07 Å². The van der Waals surface area contributed by atoms with Gasteiger partial charge in [0.1, 0.15) is 6.10 Å². The van der Waals surface area contributed by atoms with Crippen molar-refractivity contribution in [1.82, 2.24) is 9.21 Å². The average molecular weight is 606 g/mol. The first kappa shape index (κ1) is 28.0. The fourth-order valence-corrected chi connectivity index (χ4v) is 9.70. The molecule has 10 nitrogen and oxygen atoms in total. The summed E-state index contributed by atoms with van der Waals surface area (Å²) >= 11 is 0. The van der Waals surface area contributed by atoms with Gasteiger partial charge in [-0.3, -0.25) is 4.79 Å². The number of rotatable bonds is 6. The number of carbonyl (C=O) groups excluding carboxylic acids is 1. The zero-order valence-electron chi connectivity index (χ0n) is 24.3. The van der Waals surface area contributed by atoms with Crippen molar-refractivity contribution in [2.24, 2.45) is 0 Å². The first-order valence-corrected chi connectivity index (χ1v) is 15.9. The molecule has 0 unspecified atom stereocenters. The molecule has 1 saturated heterocycles. The van der Waals surface area contributed by atoms with E-state index >= 15 is 0 Å². The molecule has 5 atom stereocenters. The summed E-state index contributed by atoms with van der Waals surface area (Å²) < 4.78 is 41.4. The molecule has 1 saturated carbocycles. The minimum absolute atomic E-state index is 0.0214. The van der Waals surface area contributed by atoms with Crippen molar-refractivity contribution in [3.8, 4) is 11.5 Å². The van der Waals surface area contributed by atoms with E-state index in [0.29, 0.717) is 18.6 Å². The third-order valence-corrected chi connectivity index (χ3v) is 12.1. The largest absolute Gasteiger partial charge is 0.504 e. The number of piperidine rings is 1. The van der Waals surface area contributed by atoms with Crippen LogP contribution in [0.15, 0.2) is 70.4 Å². The molecule has 2 bridgehead atoms. The molecule has 3 aromatic rings. The molecule has 43 heavy (non-hydrogen) atoms. The molecule has 2 fully saturated rings. The summed E-state index contributed by atoms with van der Waals surface area (Å²) in [5.74, 6) is 0.0779. The van der Waals surface area contributed by atoms with Crippen LogP contribution in [0.1, 0.15) is 36.0 Å². The molecule has 1 spiro atoms. The number of likely N-dealkylation sites (N-methyl/N-ethyl adjacent to an activating group) is 1. The molecule has 1 aromatic heterocycles. The minimum Gasteiger partial charge on any atom is -0.504 e. The first-order valence-electron chi connectivity index (χ1n) is 14.5. The highest BCUT2D eigenvalue weighted by molar-refractivity contribution is 7.89. The van der Waals surface area contributed by atoms with Crippen molar-refractivity contribution in [2.75, 3.05) is 32.6 Å². The number of hydrogen-bond donors (Lipinski definition) is 2. The Kier molecular flexibility index (Phi) is 6.25. The number of anilines is 1. The third-order valence-electron chi connectivity index (χ3n) is 10.1. The van der Waals surface area contributed by atoms with Crippen LogP contribution in [-0.2, 0) is 26.7 Å². The van der Waals surface area contributed by atoms with E-state index in [1.807, 2.05) is 25.1 Å². The quantitative estimate of drug-likeness (QED) is 0.411. The summed E-state index contributed by atoms with van der Waals surface area (Å²) in [7, 11) is 1.56. The van der Waals surface area contributed by atoms with E-state index in [4.69, 9.17) is 9.15 Å². The highest BCUT2D eigenvalue weighted by atomic mass is 32.2. The van der Waals surface area contributed by atoms with E-state index in [1.54, 1.807) is 60.7 Å². The lowest BCUT2D eigenvalue weighted by molar-refractivity contribution is -0.186. The predicted octanol–water partition coefficient (Wildman–Crippen LogP) is 3.13. The fraction of sp³-hybridized carbons (Fsp3) is 0.406. The van der Waals surface area contributed by atoms with Crippen molar-refractivity contribution in [3.63, 3.8) is 0 Å². The first-order chi connectivity index (χ1) is 20.5. The number of aliphatic hydroxyl groups is 1. The highest BCUT2D eigenvalue weighted by Crippen LogP contribution is 2.66. The Morgan fingerprint density at radius 1 is 1.09 bits per heavy atom. The molecule has 0 radical (unpaired) electrons. The van der Waals surface area contributed by atoms with Crippen molar-refractivity contribution in [3.05, 3.63) is 77.8 Å². The molecule has 2 N–H and O–H groups in total. The number of furan rings is 1. The Hall–Kier alpha value is -3.80. The Bertz CT molecular complexity index is 1720. The van der Waals surface area contributed by atoms with Crippen LogP contribution in [-0.4, -0.2) is 85.2 Å². The van der Waals surface area contributed by atoms with Gasteiger partial charge < -0.3 is 29.2 Å². The lowest BCUT2D eigenvalue weighted by atomic mass is 9.48. The molecule has 3 heterocycles. The van der Waals surface area contributed by atoms with Gasteiger partial charge in [0.25, 0.3) is 0 Å². The number of phenolic OH excluding ortho intramolecular Hbond substituents is 1. The molecule has 7 rings (SSSR count). The zero-order chi connectivity index (χ0) is 30.3. The second kappa shape index (κ2) is 9.60. The molecular weight excluding hydrogens is 570 g/mol. The molecule has 1 amide bonds. The monoisotopic (exact) mass is 605 g/mol. The normalized spacial score (nSPS) is 29.3. The zero-order valence-corrected chi connectivity index (χ0v) is 25.1. The van der Waals surface area contributed by atoms with Crippen molar-refractivity contribution in [2.45, 2.75) is 59.8 Å². The van der Waals surface area contributed by atoms with E-state index in [-0.39, 0.29) is 35.9 Å². The number of ether oxygens (including phenoxy) is 1. The fourth-order valence-electron chi connectivity index (χ4n) is 8.03. The number of phenols is 1. The van der Waals surface area contributed by atoms with E-state index in [9.17, 15) is 23.4 Å². The van der Waals surface area contributed by atoms with Crippen LogP contribution in [0.2, 0.25) is 0 Å². The van der Waals surface area contributed by atoms with Gasteiger partial charge in [-0.05, 0) is 73.7 Å². The lowest BCUT2D eigenvalue weighted by Crippen LogP contribution is -2.78. The van der Waals surface area contributed by atoms with E-state index < -0.39 is 39.2 Å². The van der Waals surface area contributed by atoms with Crippen molar-refractivity contribution < 1.29 is 32.6 Å². The smallest absolute Gasteiger partial charge is 0.246 e. The number of aromatic hydroxyl groups is 1. The average Bonchev–Trinajstić information content (AvgIpc) is 3.63. The van der Waals surface area contributed by atoms with E-state index in [1.165, 1.54) is 16.6 Å². The molecular formula is C32H35N3O7S. The standard InChI is InChI=1S/C32H35N3O7S/c1-33(2)22-6-8-23(9-7-22)43(39,40)35-16-15-31-28-21-5-10-25(36)29(28)42-30(31)24(12-14-32(31,38)26(35)18-21)34(3)27(37)11-4-20-13-17-41-19-20/h4-11,13,17,19,24,26,30,36,38H,12,14-16,18H2,1-3H3/t24-,26-,30+,31+,32-/m1/s1. The summed E-state index contributed by atoms with van der Waals surface area (Å²) in [5, 5.41) is 23.7. The lowest BCUT2D eigenvalue weighted by Gasteiger charge is -2.64. The van der Waals surface area contributed by atoms with Gasteiger partial charge >= 0.3 is 0 Å². The number of benzene rings is 2. The number of hydrogen-bond acceptors (Lipinski definition) is 8. The molecule has 4 aliphatic rings. The Balaban J connectivity index is 1.28. The molecule has 2 aromatic carbocycles. The summed E-state index contributed by atoms with van der Waals surface area (Å²) in [5.41, 5.74) is 0.789. The maximum Gasteiger partial charge on any atom is 0.246 e. The third kappa shape index (κ3) is 3.84. The van der Waals surface area contributed by atoms with E-state index in [2.05, 4.69) is 0 Å². The van der Waals surface area contributed by atoms with Gasteiger partial charge in [0.05, 0.1) is 40.5 Å². The molecule has 2 aliphatic heterocycles. The Morgan fingerprint density at radius 2 is 1.86 bits per heavy atom. The summed E-state index contributed by atoms with van der Waals surface area (Å²) in [4.78, 5) is 17.1. The SMILES string of the molecule is CN(C)c1ccc(S(=O)(=O)N2CC[C@]34c5c6ccc(O)c5O[C@H]3[C@H](N(C)C(=O)C=Cc3ccoc3)CC[C@@]4(O)[C@H]2C6)cc1. The van der Waals surface area contributed by atoms with Crippen LogP contribution in [0, 0.1) is 0 Å². The topological polar surface area (TPSA) is 124 Å². The van der Waals surface area contributed by atoms with Crippen LogP contribution in [0.4, 0.5) is 5.69 Å². The van der Waals surface area contributed by atoms with Crippen LogP contribution in [0.3, 0.4) is 0 Å². The van der Waals surface area contributed by atoms with Gasteiger partial charge in [-0.25, -0.2) is 8.42 Å². The second-order valence-electron chi connectivity index (χ2n) is 12.3. The Labute approximate surface area is 250 Å². The molecule has 11 heteroatoms. The van der Waals surface area contributed by atoms with Gasteiger partial charge in [0.2, 0.25) is 15.9 Å². The Morgan fingerprint density at radius 3 is 2.56 bits per heavy atom. The molecule has 2 aliphatic carbocycles. The van der Waals surface area contributed by atoms with Gasteiger partial charge in [0, 0.05) is 50.6 Å². The van der Waals surface area contributed by atoms with Crippen LogP contribution in [0.5, 0.6) is 11.5 Å². The van der Waals surface area contributed by atoms with E-state index in [0.717, 1.165) is 22.4 Å². The summed E-state index contributed by atoms with van der Waals surface area (Å²) in [6.07, 6.45) is 6.82. The van der Waals surface area contributed by atoms with Gasteiger partial charge in [0.15, 0.2) is 11.5 Å². The second-order valence-corrected chi connectivity index (χ2v) is 14.2. The summed E-state index contributed by atoms with van der Waals surface area (Å²) in [6.45, 7) is 0.171. The number of sulfonamides is 1. The van der Waals surface area contributed by atoms with Crippen molar-refractivity contribution >= 4 is 27.7 Å². The van der Waals surface area contributed by atoms with Crippen LogP contribution >= 0.6 is 0 Å².